The van der Waals surface area contributed by atoms with E-state index in [1.54, 1.807) is 31.1 Å². The molecule has 0 bridgehead atoms. The Balaban J connectivity index is 1.72. The van der Waals surface area contributed by atoms with Crippen molar-refractivity contribution in [3.8, 4) is 0 Å². The molecule has 0 spiro atoms. The summed E-state index contributed by atoms with van der Waals surface area (Å²) in [6.45, 7) is 2.52. The van der Waals surface area contributed by atoms with Crippen molar-refractivity contribution in [2.24, 2.45) is 0 Å². The molecule has 1 fully saturated rings. The number of hydrogen-bond donors (Lipinski definition) is 3. The normalized spacial score (nSPS) is 15.3. The molecule has 1 aliphatic heterocycles. The largest absolute Gasteiger partial charge is 0.462 e. The van der Waals surface area contributed by atoms with Crippen molar-refractivity contribution in [3.05, 3.63) is 41.6 Å². The summed E-state index contributed by atoms with van der Waals surface area (Å²) in [6, 6.07) is 4.63. The molecule has 0 radical (unpaired) electrons. The number of nitrogens with one attached hydrogen (secondary N) is 2. The Morgan fingerprint density at radius 1 is 1.21 bits per heavy atom. The minimum Gasteiger partial charge on any atom is -0.462 e. The molecule has 1 aliphatic rings. The van der Waals surface area contributed by atoms with Crippen LogP contribution in [0.15, 0.2) is 30.5 Å². The monoisotopic (exact) mass is 461 g/mol. The summed E-state index contributed by atoms with van der Waals surface area (Å²) in [4.78, 5) is 26.7. The number of cyclic esters (lactones) is 1. The average molecular weight is 461 g/mol. The van der Waals surface area contributed by atoms with Crippen molar-refractivity contribution in [1.82, 2.24) is 15.0 Å². The highest BCUT2D eigenvalue weighted by Crippen LogP contribution is 2.34. The van der Waals surface area contributed by atoms with E-state index in [4.69, 9.17) is 10.5 Å². The summed E-state index contributed by atoms with van der Waals surface area (Å²) in [7, 11) is 1.66. The summed E-state index contributed by atoms with van der Waals surface area (Å²) in [5.74, 6) is 0.908. The first-order chi connectivity index (χ1) is 15.6. The number of fused-ring (bicyclic) bond motifs is 1. The fourth-order valence-corrected chi connectivity index (χ4v) is 3.54. The van der Waals surface area contributed by atoms with Crippen molar-refractivity contribution in [2.75, 3.05) is 48.0 Å². The Morgan fingerprint density at radius 3 is 2.70 bits per heavy atom. The van der Waals surface area contributed by atoms with Gasteiger partial charge < -0.3 is 26.0 Å². The van der Waals surface area contributed by atoms with E-state index >= 15 is 0 Å². The topological polar surface area (TPSA) is 118 Å². The fraction of sp³-hybridized carbons (Fsp3) is 0.333. The van der Waals surface area contributed by atoms with Gasteiger partial charge in [0.25, 0.3) is 0 Å². The third kappa shape index (κ3) is 4.83. The number of nitrogens with zero attached hydrogens (tertiary/aromatic N) is 4. The lowest BCUT2D eigenvalue weighted by Gasteiger charge is -2.27. The molecule has 2 aromatic heterocycles. The van der Waals surface area contributed by atoms with Crippen LogP contribution in [0.2, 0.25) is 0 Å². The van der Waals surface area contributed by atoms with E-state index in [1.165, 1.54) is 6.07 Å². The Bertz CT molecular complexity index is 1200. The highest BCUT2D eigenvalue weighted by Gasteiger charge is 2.31. The van der Waals surface area contributed by atoms with Crippen LogP contribution in [0.5, 0.6) is 0 Å². The van der Waals surface area contributed by atoms with E-state index in [0.717, 1.165) is 12.1 Å². The van der Waals surface area contributed by atoms with Crippen LogP contribution in [0.4, 0.5) is 36.4 Å². The van der Waals surface area contributed by atoms with Crippen LogP contribution in [-0.4, -0.2) is 47.7 Å². The predicted octanol–water partition coefficient (Wildman–Crippen LogP) is 3.20. The molecule has 0 amide bonds. The zero-order valence-corrected chi connectivity index (χ0v) is 17.9. The van der Waals surface area contributed by atoms with Gasteiger partial charge in [0.2, 0.25) is 5.95 Å². The van der Waals surface area contributed by atoms with Gasteiger partial charge in [-0.15, -0.1) is 0 Å². The molecule has 1 saturated heterocycles. The number of ether oxygens (including phenoxy) is 1. The Labute approximate surface area is 187 Å². The number of hydrogen-bond acceptors (Lipinski definition) is 9. The third-order valence-corrected chi connectivity index (χ3v) is 5.22. The van der Waals surface area contributed by atoms with Gasteiger partial charge >= 0.3 is 12.1 Å². The molecular weight excluding hydrogens is 439 g/mol. The minimum absolute atomic E-state index is 0.0143. The van der Waals surface area contributed by atoms with Crippen LogP contribution in [0.25, 0.3) is 10.9 Å². The molecule has 9 nitrogen and oxygen atoms in total. The summed E-state index contributed by atoms with van der Waals surface area (Å²) in [5.41, 5.74) is 5.79. The lowest BCUT2D eigenvalue weighted by Crippen LogP contribution is -2.40. The van der Waals surface area contributed by atoms with Crippen molar-refractivity contribution >= 4 is 40.1 Å². The molecule has 1 aromatic carbocycles. The number of anilines is 4. The first-order valence-electron chi connectivity index (χ1n) is 10.1. The van der Waals surface area contributed by atoms with Gasteiger partial charge in [0.1, 0.15) is 24.8 Å². The summed E-state index contributed by atoms with van der Waals surface area (Å²) in [6.07, 6.45) is -2.95. The molecule has 0 unspecified atom stereocenters. The van der Waals surface area contributed by atoms with E-state index in [1.807, 2.05) is 0 Å². The number of halogens is 3. The fourth-order valence-electron chi connectivity index (χ4n) is 3.54. The lowest BCUT2D eigenvalue weighted by atomic mass is 10.0. The van der Waals surface area contributed by atoms with Crippen molar-refractivity contribution < 1.29 is 22.7 Å². The molecule has 1 atom stereocenters. The van der Waals surface area contributed by atoms with E-state index in [2.05, 4.69) is 25.6 Å². The van der Waals surface area contributed by atoms with Crippen molar-refractivity contribution in [2.45, 2.75) is 19.1 Å². The second kappa shape index (κ2) is 8.60. The predicted molar refractivity (Wildman–Crippen MR) is 118 cm³/mol. The maximum Gasteiger partial charge on any atom is 0.416 e. The highest BCUT2D eigenvalue weighted by atomic mass is 19.4. The van der Waals surface area contributed by atoms with Crippen LogP contribution < -0.4 is 21.3 Å². The number of nitrogen functional groups attached to an aromatic ring is 1. The first-order valence-corrected chi connectivity index (χ1v) is 10.1. The number of alkyl halides is 3. The van der Waals surface area contributed by atoms with Gasteiger partial charge in [-0.05, 0) is 36.8 Å². The Hall–Kier alpha value is -3.83. The number of aromatic nitrogens is 3. The molecule has 3 aromatic rings. The second-order valence-electron chi connectivity index (χ2n) is 7.60. The third-order valence-electron chi connectivity index (χ3n) is 5.22. The zero-order chi connectivity index (χ0) is 23.8. The molecule has 174 valence electrons. The molecular formula is C21H22F3N7O2. The molecule has 4 N–H and O–H groups in total. The van der Waals surface area contributed by atoms with Gasteiger partial charge in [0.15, 0.2) is 0 Å². The first kappa shape index (κ1) is 22.4. The SMILES string of the molecule is CNc1nc(N[C@H](C)c2cc(N)cc(C(F)(F)F)c2)c2cc(N3CCOC(=O)C3)ncc2n1. The van der Waals surface area contributed by atoms with Crippen LogP contribution in [-0.2, 0) is 15.7 Å². The van der Waals surface area contributed by atoms with Crippen LogP contribution >= 0.6 is 0 Å². The molecule has 4 rings (SSSR count). The molecule has 33 heavy (non-hydrogen) atoms. The van der Waals surface area contributed by atoms with Crippen molar-refractivity contribution in [3.63, 3.8) is 0 Å². The van der Waals surface area contributed by atoms with Gasteiger partial charge in [-0.2, -0.15) is 18.2 Å². The number of nitrogens with two attached hydrogens (primary N) is 1. The van der Waals surface area contributed by atoms with Gasteiger partial charge in [-0.25, -0.2) is 9.97 Å². The molecule has 0 saturated carbocycles. The summed E-state index contributed by atoms with van der Waals surface area (Å²) < 4.78 is 44.7. The van der Waals surface area contributed by atoms with E-state index in [9.17, 15) is 18.0 Å². The number of pyridine rings is 1. The van der Waals surface area contributed by atoms with E-state index in [0.29, 0.717) is 40.6 Å². The smallest absolute Gasteiger partial charge is 0.416 e. The molecule has 3 heterocycles. The summed E-state index contributed by atoms with van der Waals surface area (Å²) in [5, 5.41) is 6.63. The maximum absolute atomic E-state index is 13.2. The minimum atomic E-state index is -4.51. The average Bonchev–Trinajstić information content (AvgIpc) is 2.77. The van der Waals surface area contributed by atoms with Crippen LogP contribution in [0.3, 0.4) is 0 Å². The Morgan fingerprint density at radius 2 is 2.00 bits per heavy atom. The van der Waals surface area contributed by atoms with Gasteiger partial charge in [-0.3, -0.25) is 4.79 Å². The van der Waals surface area contributed by atoms with E-state index < -0.39 is 17.8 Å². The van der Waals surface area contributed by atoms with Crippen LogP contribution in [0.1, 0.15) is 24.1 Å². The Kier molecular flexibility index (Phi) is 5.83. The number of carbonyl (C=O) groups excluding carboxylic acids is 1. The molecule has 0 aliphatic carbocycles. The number of esters is 1. The summed E-state index contributed by atoms with van der Waals surface area (Å²) >= 11 is 0. The van der Waals surface area contributed by atoms with Gasteiger partial charge in [-0.1, -0.05) is 0 Å². The zero-order valence-electron chi connectivity index (χ0n) is 17.9. The highest BCUT2D eigenvalue weighted by molar-refractivity contribution is 5.92. The number of morpholine rings is 1. The van der Waals surface area contributed by atoms with Crippen molar-refractivity contribution in [1.29, 1.82) is 0 Å². The quantitative estimate of drug-likeness (QED) is 0.389. The molecule has 12 heteroatoms. The number of benzene rings is 1. The van der Waals surface area contributed by atoms with E-state index in [-0.39, 0.29) is 24.8 Å². The van der Waals surface area contributed by atoms with Gasteiger partial charge in [0.05, 0.1) is 29.9 Å². The second-order valence-corrected chi connectivity index (χ2v) is 7.60. The number of rotatable bonds is 5. The number of carbonyl (C=O) groups is 1. The standard InChI is InChI=1S/C21H22F3N7O2/c1-11(12-5-13(21(22,23)24)7-14(25)6-12)28-19-15-8-17(31-3-4-33-18(32)10-31)27-9-16(15)29-20(26-2)30-19/h5-9,11H,3-4,10,25H2,1-2H3,(H2,26,28,29,30)/t11-/m1/s1. The lowest BCUT2D eigenvalue weighted by molar-refractivity contribution is -0.143. The maximum atomic E-state index is 13.2. The van der Waals surface area contributed by atoms with Crippen LogP contribution in [0, 0.1) is 0 Å². The van der Waals surface area contributed by atoms with Gasteiger partial charge in [0, 0.05) is 18.1 Å².